The summed E-state index contributed by atoms with van der Waals surface area (Å²) in [6.45, 7) is 2.66. The van der Waals surface area contributed by atoms with Crippen molar-refractivity contribution < 1.29 is 14.1 Å². The molecule has 0 aliphatic carbocycles. The van der Waals surface area contributed by atoms with Gasteiger partial charge in [-0.15, -0.1) is 0 Å². The van der Waals surface area contributed by atoms with Crippen LogP contribution in [0.3, 0.4) is 0 Å². The van der Waals surface area contributed by atoms with Gasteiger partial charge in [0.05, 0.1) is 11.9 Å². The second-order valence-electron chi connectivity index (χ2n) is 4.79. The Morgan fingerprint density at radius 3 is 2.80 bits per heavy atom. The van der Waals surface area contributed by atoms with Crippen LogP contribution in [0.2, 0.25) is 0 Å². The van der Waals surface area contributed by atoms with E-state index in [4.69, 9.17) is 10.5 Å². The first-order valence-corrected chi connectivity index (χ1v) is 8.60. The Morgan fingerprint density at radius 1 is 1.35 bits per heavy atom. The third kappa shape index (κ3) is 6.50. The first-order valence-electron chi connectivity index (χ1n) is 7.11. The molecule has 0 saturated heterocycles. The minimum Gasteiger partial charge on any atom is -0.491 e. The first kappa shape index (κ1) is 17.1. The Kier molecular flexibility index (Phi) is 8.49. The maximum atomic E-state index is 11.7. The standard InChI is InChI=1S/C15H25NO3S/c1-2-3-6-9-20(18)12-14(17)11-19-15-8-5-4-7-13(15)10-16/h4-5,7-8,14,17H,2-3,6,9-12,16H2,1H3. The van der Waals surface area contributed by atoms with Gasteiger partial charge < -0.3 is 15.6 Å². The van der Waals surface area contributed by atoms with Gasteiger partial charge in [-0.1, -0.05) is 38.0 Å². The van der Waals surface area contributed by atoms with E-state index in [1.54, 1.807) is 0 Å². The molecule has 2 atom stereocenters. The molecule has 0 saturated carbocycles. The van der Waals surface area contributed by atoms with Crippen molar-refractivity contribution in [2.24, 2.45) is 5.73 Å². The van der Waals surface area contributed by atoms with E-state index in [0.29, 0.717) is 18.0 Å². The van der Waals surface area contributed by atoms with Crippen molar-refractivity contribution in [2.75, 3.05) is 18.1 Å². The Hall–Kier alpha value is -0.910. The second-order valence-corrected chi connectivity index (χ2v) is 6.42. The summed E-state index contributed by atoms with van der Waals surface area (Å²) in [6.07, 6.45) is 2.44. The molecule has 0 heterocycles. The van der Waals surface area contributed by atoms with Crippen molar-refractivity contribution in [1.29, 1.82) is 0 Å². The number of nitrogens with two attached hydrogens (primary N) is 1. The Bertz CT molecular complexity index is 412. The summed E-state index contributed by atoms with van der Waals surface area (Å²) in [5.41, 5.74) is 6.52. The second kappa shape index (κ2) is 9.91. The number of unbranched alkanes of at least 4 members (excludes halogenated alkanes) is 2. The molecule has 4 nitrogen and oxygen atoms in total. The average Bonchev–Trinajstić information content (AvgIpc) is 2.45. The molecular weight excluding hydrogens is 274 g/mol. The van der Waals surface area contributed by atoms with Crippen LogP contribution < -0.4 is 10.5 Å². The van der Waals surface area contributed by atoms with Gasteiger partial charge in [0.2, 0.25) is 0 Å². The molecule has 1 aromatic rings. The van der Waals surface area contributed by atoms with Crippen molar-refractivity contribution in [1.82, 2.24) is 0 Å². The van der Waals surface area contributed by atoms with Crippen LogP contribution in [0, 0.1) is 0 Å². The van der Waals surface area contributed by atoms with Crippen LogP contribution in [0.15, 0.2) is 24.3 Å². The van der Waals surface area contributed by atoms with Gasteiger partial charge >= 0.3 is 0 Å². The monoisotopic (exact) mass is 299 g/mol. The van der Waals surface area contributed by atoms with Crippen molar-refractivity contribution in [3.05, 3.63) is 29.8 Å². The Morgan fingerprint density at radius 2 is 2.10 bits per heavy atom. The van der Waals surface area contributed by atoms with E-state index >= 15 is 0 Å². The van der Waals surface area contributed by atoms with Crippen LogP contribution >= 0.6 is 0 Å². The SMILES string of the molecule is CCCCCS(=O)CC(O)COc1ccccc1CN. The van der Waals surface area contributed by atoms with Gasteiger partial charge in [-0.2, -0.15) is 0 Å². The zero-order chi connectivity index (χ0) is 14.8. The molecule has 0 bridgehead atoms. The maximum absolute atomic E-state index is 11.7. The zero-order valence-electron chi connectivity index (χ0n) is 12.1. The number of hydrogen-bond acceptors (Lipinski definition) is 4. The summed E-state index contributed by atoms with van der Waals surface area (Å²) in [7, 11) is -0.971. The average molecular weight is 299 g/mol. The van der Waals surface area contributed by atoms with E-state index in [2.05, 4.69) is 6.92 Å². The normalized spacial score (nSPS) is 13.9. The molecule has 0 aromatic heterocycles. The number of aliphatic hydroxyl groups is 1. The van der Waals surface area contributed by atoms with Crippen molar-refractivity contribution in [3.63, 3.8) is 0 Å². The lowest BCUT2D eigenvalue weighted by molar-refractivity contribution is 0.125. The smallest absolute Gasteiger partial charge is 0.123 e. The zero-order valence-corrected chi connectivity index (χ0v) is 12.9. The fourth-order valence-electron chi connectivity index (χ4n) is 1.86. The predicted octanol–water partition coefficient (Wildman–Crippen LogP) is 1.82. The van der Waals surface area contributed by atoms with E-state index in [9.17, 15) is 9.32 Å². The highest BCUT2D eigenvalue weighted by Crippen LogP contribution is 2.17. The third-order valence-corrected chi connectivity index (χ3v) is 4.48. The van der Waals surface area contributed by atoms with Gasteiger partial charge in [-0.25, -0.2) is 0 Å². The summed E-state index contributed by atoms with van der Waals surface area (Å²) >= 11 is 0. The largest absolute Gasteiger partial charge is 0.491 e. The lowest BCUT2D eigenvalue weighted by Crippen LogP contribution is -2.25. The van der Waals surface area contributed by atoms with Crippen LogP contribution in [0.1, 0.15) is 31.7 Å². The van der Waals surface area contributed by atoms with Crippen LogP contribution in [-0.4, -0.2) is 33.5 Å². The van der Waals surface area contributed by atoms with Gasteiger partial charge in [0.1, 0.15) is 12.4 Å². The van der Waals surface area contributed by atoms with Crippen LogP contribution in [0.25, 0.3) is 0 Å². The molecule has 1 rings (SSSR count). The van der Waals surface area contributed by atoms with Gasteiger partial charge in [-0.05, 0) is 12.5 Å². The molecule has 1 aromatic carbocycles. The number of hydrogen-bond donors (Lipinski definition) is 2. The fraction of sp³-hybridized carbons (Fsp3) is 0.600. The minimum atomic E-state index is -0.971. The number of rotatable bonds is 10. The number of ether oxygens (including phenoxy) is 1. The molecule has 0 spiro atoms. The summed E-state index contributed by atoms with van der Waals surface area (Å²) in [5.74, 6) is 1.62. The van der Waals surface area contributed by atoms with E-state index in [1.807, 2.05) is 24.3 Å². The topological polar surface area (TPSA) is 72.5 Å². The molecule has 0 radical (unpaired) electrons. The fourth-order valence-corrected chi connectivity index (χ4v) is 3.08. The maximum Gasteiger partial charge on any atom is 0.123 e. The number of aliphatic hydroxyl groups excluding tert-OH is 1. The number of benzene rings is 1. The summed E-state index contributed by atoms with van der Waals surface area (Å²) in [6, 6.07) is 7.48. The molecule has 0 aliphatic rings. The lowest BCUT2D eigenvalue weighted by Gasteiger charge is -2.14. The molecule has 3 N–H and O–H groups in total. The Labute approximate surface area is 123 Å². The molecule has 2 unspecified atom stereocenters. The minimum absolute atomic E-state index is 0.149. The predicted molar refractivity (Wildman–Crippen MR) is 83.2 cm³/mol. The molecule has 20 heavy (non-hydrogen) atoms. The van der Waals surface area contributed by atoms with E-state index in [1.165, 1.54) is 0 Å². The molecule has 0 aliphatic heterocycles. The highest BCUT2D eigenvalue weighted by molar-refractivity contribution is 7.85. The molecular formula is C15H25NO3S. The van der Waals surface area contributed by atoms with Crippen molar-refractivity contribution >= 4 is 10.8 Å². The van der Waals surface area contributed by atoms with Crippen LogP contribution in [0.5, 0.6) is 5.75 Å². The van der Waals surface area contributed by atoms with Gasteiger partial charge in [0, 0.05) is 28.7 Å². The lowest BCUT2D eigenvalue weighted by atomic mass is 10.2. The van der Waals surface area contributed by atoms with Gasteiger partial charge in [-0.3, -0.25) is 4.21 Å². The summed E-state index contributed by atoms with van der Waals surface area (Å²) in [4.78, 5) is 0. The molecule has 114 valence electrons. The van der Waals surface area contributed by atoms with E-state index in [-0.39, 0.29) is 12.4 Å². The van der Waals surface area contributed by atoms with E-state index in [0.717, 1.165) is 24.8 Å². The number of para-hydroxylation sites is 1. The summed E-state index contributed by atoms with van der Waals surface area (Å²) in [5, 5.41) is 9.85. The van der Waals surface area contributed by atoms with Crippen LogP contribution in [0.4, 0.5) is 0 Å². The highest BCUT2D eigenvalue weighted by atomic mass is 32.2. The van der Waals surface area contributed by atoms with Crippen molar-refractivity contribution in [3.8, 4) is 5.75 Å². The summed E-state index contributed by atoms with van der Waals surface area (Å²) < 4.78 is 17.3. The quantitative estimate of drug-likeness (QED) is 0.646. The molecule has 0 amide bonds. The van der Waals surface area contributed by atoms with E-state index < -0.39 is 16.9 Å². The van der Waals surface area contributed by atoms with Crippen molar-refractivity contribution in [2.45, 2.75) is 38.8 Å². The highest BCUT2D eigenvalue weighted by Gasteiger charge is 2.11. The third-order valence-electron chi connectivity index (χ3n) is 2.98. The van der Waals surface area contributed by atoms with Gasteiger partial charge in [0.25, 0.3) is 0 Å². The molecule has 5 heteroatoms. The Balaban J connectivity index is 2.32. The van der Waals surface area contributed by atoms with Gasteiger partial charge in [0.15, 0.2) is 0 Å². The van der Waals surface area contributed by atoms with Crippen LogP contribution in [-0.2, 0) is 17.3 Å². The molecule has 0 fully saturated rings. The first-order chi connectivity index (χ1) is 9.67.